The Kier molecular flexibility index (Phi) is 8.21. The van der Waals surface area contributed by atoms with Crippen LogP contribution in [0.25, 0.3) is 0 Å². The summed E-state index contributed by atoms with van der Waals surface area (Å²) in [6.45, 7) is 3.88. The third-order valence-electron chi connectivity index (χ3n) is 5.37. The highest BCUT2D eigenvalue weighted by atomic mass is 19.4. The molecule has 1 saturated carbocycles. The molecule has 1 aliphatic carbocycles. The van der Waals surface area contributed by atoms with Crippen LogP contribution in [0.4, 0.5) is 17.6 Å². The van der Waals surface area contributed by atoms with E-state index in [2.05, 4.69) is 27.0 Å². The van der Waals surface area contributed by atoms with Gasteiger partial charge in [-0.1, -0.05) is 18.2 Å². The molecule has 1 heterocycles. The largest absolute Gasteiger partial charge is 0.416 e. The Morgan fingerprint density at radius 2 is 1.86 bits per heavy atom. The van der Waals surface area contributed by atoms with E-state index in [0.717, 1.165) is 30.5 Å². The first kappa shape index (κ1) is 25.9. The molecule has 1 fully saturated rings. The molecule has 0 atom stereocenters. The number of carbonyl (C=O) groups is 1. The molecule has 3 rings (SSSR count). The molecule has 11 heteroatoms. The molecule has 0 spiro atoms. The summed E-state index contributed by atoms with van der Waals surface area (Å²) < 4.78 is 54.1. The number of aliphatic imine (C=N–C) groups is 2. The van der Waals surface area contributed by atoms with Crippen molar-refractivity contribution in [2.45, 2.75) is 44.6 Å². The second kappa shape index (κ2) is 11.1. The predicted molar refractivity (Wildman–Crippen MR) is 125 cm³/mol. The van der Waals surface area contributed by atoms with E-state index in [9.17, 15) is 18.0 Å². The summed E-state index contributed by atoms with van der Waals surface area (Å²) in [4.78, 5) is 24.7. The number of nitrogens with two attached hydrogens (primary N) is 1. The van der Waals surface area contributed by atoms with Crippen molar-refractivity contribution in [3.05, 3.63) is 76.6 Å². The number of halogens is 4. The third kappa shape index (κ3) is 7.11. The predicted octanol–water partition coefficient (Wildman–Crippen LogP) is 3.75. The van der Waals surface area contributed by atoms with E-state index in [1.165, 1.54) is 19.2 Å². The fourth-order valence-corrected chi connectivity index (χ4v) is 3.43. The van der Waals surface area contributed by atoms with Gasteiger partial charge in [0.25, 0.3) is 0 Å². The number of hydrogen-bond donors (Lipinski definition) is 2. The zero-order valence-corrected chi connectivity index (χ0v) is 19.1. The van der Waals surface area contributed by atoms with E-state index in [1.807, 2.05) is 0 Å². The van der Waals surface area contributed by atoms with Crippen LogP contribution in [0.15, 0.2) is 64.2 Å². The first-order valence-electron chi connectivity index (χ1n) is 10.8. The molecule has 1 amide bonds. The molecule has 1 aliphatic rings. The fourth-order valence-electron chi connectivity index (χ4n) is 3.43. The molecule has 1 aromatic carbocycles. The monoisotopic (exact) mass is 490 g/mol. The summed E-state index contributed by atoms with van der Waals surface area (Å²) in [7, 11) is 1.42. The molecule has 0 bridgehead atoms. The van der Waals surface area contributed by atoms with Crippen LogP contribution in [0.2, 0.25) is 0 Å². The standard InChI is InChI=1S/C24H26F4N6O/c1-30-22(33-13-16-5-8-18(32-12-16)11-20(29)35)21(25)23(31-2)34(19-9-10-19)14-15-3-6-17(7-4-15)24(26,27)28/h3-8,12,19H,2,9-11,13-14H2,1H3,(H2,29,35)(H,30,33)/b23-21-. The van der Waals surface area contributed by atoms with Gasteiger partial charge in [0.15, 0.2) is 11.7 Å². The van der Waals surface area contributed by atoms with Gasteiger partial charge >= 0.3 is 6.18 Å². The smallest absolute Gasteiger partial charge is 0.369 e. The quantitative estimate of drug-likeness (QED) is 0.301. The van der Waals surface area contributed by atoms with Crippen molar-refractivity contribution < 1.29 is 22.4 Å². The molecule has 1 aromatic heterocycles. The van der Waals surface area contributed by atoms with Crippen molar-refractivity contribution >= 4 is 18.5 Å². The van der Waals surface area contributed by atoms with Crippen LogP contribution in [0.1, 0.15) is 35.2 Å². The van der Waals surface area contributed by atoms with Crippen LogP contribution >= 0.6 is 0 Å². The molecule has 186 valence electrons. The Balaban J connectivity index is 1.75. The molecule has 0 aliphatic heterocycles. The van der Waals surface area contributed by atoms with E-state index < -0.39 is 23.5 Å². The summed E-state index contributed by atoms with van der Waals surface area (Å²) in [5.74, 6) is -1.29. The number of nitrogens with zero attached hydrogens (tertiary/aromatic N) is 4. The van der Waals surface area contributed by atoms with Crippen LogP contribution in [0, 0.1) is 0 Å². The topological polar surface area (TPSA) is 96.0 Å². The van der Waals surface area contributed by atoms with Crippen molar-refractivity contribution in [2.75, 3.05) is 7.05 Å². The van der Waals surface area contributed by atoms with E-state index in [4.69, 9.17) is 5.73 Å². The van der Waals surface area contributed by atoms with Gasteiger partial charge in [0.05, 0.1) is 12.0 Å². The SMILES string of the molecule is C=N/C(=C(/F)C(=NC)NCc1ccc(CC(N)=O)nc1)N(Cc1ccc(C(F)(F)F)cc1)C1CC1. The second-order valence-electron chi connectivity index (χ2n) is 8.08. The lowest BCUT2D eigenvalue weighted by molar-refractivity contribution is -0.137. The first-order chi connectivity index (χ1) is 16.6. The van der Waals surface area contributed by atoms with Crippen LogP contribution in [0.3, 0.4) is 0 Å². The fraction of sp³-hybridized carbons (Fsp3) is 0.333. The highest BCUT2D eigenvalue weighted by molar-refractivity contribution is 5.96. The van der Waals surface area contributed by atoms with Gasteiger partial charge < -0.3 is 16.0 Å². The molecule has 0 saturated heterocycles. The Morgan fingerprint density at radius 3 is 2.34 bits per heavy atom. The number of carbonyl (C=O) groups excluding carboxylic acids is 1. The van der Waals surface area contributed by atoms with Gasteiger partial charge in [-0.05, 0) is 48.9 Å². The Bertz CT molecular complexity index is 1110. The van der Waals surface area contributed by atoms with Gasteiger partial charge in [0.2, 0.25) is 11.7 Å². The van der Waals surface area contributed by atoms with Crippen LogP contribution in [-0.2, 0) is 30.5 Å². The van der Waals surface area contributed by atoms with E-state index >= 15 is 4.39 Å². The number of rotatable bonds is 10. The van der Waals surface area contributed by atoms with Gasteiger partial charge in [-0.25, -0.2) is 4.99 Å². The summed E-state index contributed by atoms with van der Waals surface area (Å²) in [5, 5.41) is 2.91. The van der Waals surface area contributed by atoms with E-state index in [-0.39, 0.29) is 37.2 Å². The van der Waals surface area contributed by atoms with Crippen LogP contribution in [-0.4, -0.2) is 41.4 Å². The maximum absolute atomic E-state index is 15.5. The summed E-state index contributed by atoms with van der Waals surface area (Å²) >= 11 is 0. The van der Waals surface area contributed by atoms with Gasteiger partial charge in [0.1, 0.15) is 0 Å². The number of hydrogen-bond acceptors (Lipinski definition) is 5. The maximum Gasteiger partial charge on any atom is 0.416 e. The summed E-state index contributed by atoms with van der Waals surface area (Å²) in [5.41, 5.74) is 6.25. The number of alkyl halides is 3. The molecular weight excluding hydrogens is 464 g/mol. The zero-order chi connectivity index (χ0) is 25.6. The minimum absolute atomic E-state index is 0.00338. The minimum Gasteiger partial charge on any atom is -0.369 e. The number of benzene rings is 1. The second-order valence-corrected chi connectivity index (χ2v) is 8.08. The highest BCUT2D eigenvalue weighted by Crippen LogP contribution is 2.34. The summed E-state index contributed by atoms with van der Waals surface area (Å²) in [6, 6.07) is 8.16. The van der Waals surface area contributed by atoms with Crippen molar-refractivity contribution in [1.82, 2.24) is 15.2 Å². The van der Waals surface area contributed by atoms with Crippen molar-refractivity contribution in [3.8, 4) is 0 Å². The van der Waals surface area contributed by atoms with E-state index in [1.54, 1.807) is 23.2 Å². The van der Waals surface area contributed by atoms with Crippen molar-refractivity contribution in [3.63, 3.8) is 0 Å². The normalized spacial score (nSPS) is 14.8. The number of aromatic nitrogens is 1. The molecular formula is C24H26F4N6O. The molecule has 35 heavy (non-hydrogen) atoms. The van der Waals surface area contributed by atoms with Crippen LogP contribution < -0.4 is 11.1 Å². The van der Waals surface area contributed by atoms with Gasteiger partial charge in [0, 0.05) is 38.1 Å². The average molecular weight is 491 g/mol. The number of nitrogens with one attached hydrogen (secondary N) is 1. The lowest BCUT2D eigenvalue weighted by atomic mass is 10.1. The molecule has 0 unspecified atom stereocenters. The minimum atomic E-state index is -4.43. The van der Waals surface area contributed by atoms with Gasteiger partial charge in [-0.15, -0.1) is 0 Å². The molecule has 7 nitrogen and oxygen atoms in total. The third-order valence-corrected chi connectivity index (χ3v) is 5.37. The lowest BCUT2D eigenvalue weighted by Gasteiger charge is -2.26. The number of primary amides is 1. The first-order valence-corrected chi connectivity index (χ1v) is 10.8. The molecule has 2 aromatic rings. The van der Waals surface area contributed by atoms with E-state index in [0.29, 0.717) is 11.3 Å². The van der Waals surface area contributed by atoms with Crippen LogP contribution in [0.5, 0.6) is 0 Å². The Morgan fingerprint density at radius 1 is 1.20 bits per heavy atom. The molecule has 0 radical (unpaired) electrons. The number of amides is 1. The van der Waals surface area contributed by atoms with Gasteiger partial charge in [-0.3, -0.25) is 14.8 Å². The number of pyridine rings is 1. The molecule has 3 N–H and O–H groups in total. The van der Waals surface area contributed by atoms with Crippen molar-refractivity contribution in [2.24, 2.45) is 15.7 Å². The highest BCUT2D eigenvalue weighted by Gasteiger charge is 2.34. The van der Waals surface area contributed by atoms with Crippen molar-refractivity contribution in [1.29, 1.82) is 0 Å². The summed E-state index contributed by atoms with van der Waals surface area (Å²) in [6.07, 6.45) is -1.24. The number of amidine groups is 1. The average Bonchev–Trinajstić information content (AvgIpc) is 3.65. The zero-order valence-electron chi connectivity index (χ0n) is 19.1. The lowest BCUT2D eigenvalue weighted by Crippen LogP contribution is -2.30. The maximum atomic E-state index is 15.5. The van der Waals surface area contributed by atoms with Gasteiger partial charge in [-0.2, -0.15) is 17.6 Å². The Hall–Kier alpha value is -3.76. The Labute approximate surface area is 200 Å².